The van der Waals surface area contributed by atoms with Gasteiger partial charge in [0.25, 0.3) is 0 Å². The second-order valence-electron chi connectivity index (χ2n) is 6.76. The van der Waals surface area contributed by atoms with Gasteiger partial charge in [-0.05, 0) is 52.9 Å². The van der Waals surface area contributed by atoms with Crippen LogP contribution in [-0.2, 0) is 4.74 Å². The number of carbonyl (C=O) groups excluding carboxylic acids is 1. The van der Waals surface area contributed by atoms with E-state index >= 15 is 0 Å². The lowest BCUT2D eigenvalue weighted by molar-refractivity contribution is 0.0517. The summed E-state index contributed by atoms with van der Waals surface area (Å²) in [5.74, 6) is 0.448. The lowest BCUT2D eigenvalue weighted by Gasteiger charge is -2.26. The second-order valence-corrected chi connectivity index (χ2v) is 6.76. The zero-order valence-electron chi connectivity index (χ0n) is 13.2. The number of aliphatic hydroxyl groups is 1. The number of aliphatic hydroxyl groups excluding tert-OH is 1. The van der Waals surface area contributed by atoms with E-state index in [0.29, 0.717) is 24.5 Å². The van der Waals surface area contributed by atoms with E-state index in [1.165, 1.54) is 6.42 Å². The van der Waals surface area contributed by atoms with Crippen LogP contribution >= 0.6 is 0 Å². The van der Waals surface area contributed by atoms with Crippen LogP contribution in [0.1, 0.15) is 53.4 Å². The molecule has 118 valence electrons. The minimum atomic E-state index is -0.451. The quantitative estimate of drug-likeness (QED) is 0.699. The number of hydrogen-bond donors (Lipinski definition) is 3. The van der Waals surface area contributed by atoms with E-state index in [2.05, 4.69) is 17.6 Å². The third kappa shape index (κ3) is 6.57. The lowest BCUT2D eigenvalue weighted by atomic mass is 10.0. The van der Waals surface area contributed by atoms with Gasteiger partial charge in [-0.15, -0.1) is 0 Å². The van der Waals surface area contributed by atoms with Crippen molar-refractivity contribution in [2.24, 2.45) is 5.92 Å². The van der Waals surface area contributed by atoms with E-state index in [4.69, 9.17) is 9.84 Å². The van der Waals surface area contributed by atoms with Crippen molar-refractivity contribution in [1.82, 2.24) is 10.6 Å². The maximum atomic E-state index is 11.7. The van der Waals surface area contributed by atoms with Gasteiger partial charge in [-0.2, -0.15) is 0 Å². The fraction of sp³-hybridized carbons (Fsp3) is 0.933. The molecule has 5 heteroatoms. The Balaban J connectivity index is 2.33. The van der Waals surface area contributed by atoms with Crippen molar-refractivity contribution < 1.29 is 14.6 Å². The number of rotatable bonds is 6. The van der Waals surface area contributed by atoms with Crippen LogP contribution in [0.4, 0.5) is 4.79 Å². The first-order valence-corrected chi connectivity index (χ1v) is 7.65. The Hall–Kier alpha value is -0.810. The molecular weight excluding hydrogens is 256 g/mol. The maximum absolute atomic E-state index is 11.7. The Morgan fingerprint density at radius 1 is 1.40 bits per heavy atom. The number of alkyl carbamates (subject to hydrolysis) is 1. The molecule has 0 radical (unpaired) electrons. The zero-order chi connectivity index (χ0) is 15.2. The largest absolute Gasteiger partial charge is 0.444 e. The topological polar surface area (TPSA) is 70.6 Å². The van der Waals surface area contributed by atoms with Gasteiger partial charge in [-0.25, -0.2) is 4.79 Å². The molecule has 0 saturated heterocycles. The molecule has 3 atom stereocenters. The fourth-order valence-electron chi connectivity index (χ4n) is 2.67. The van der Waals surface area contributed by atoms with Gasteiger partial charge >= 0.3 is 6.09 Å². The number of ether oxygens (including phenoxy) is 1. The number of carbonyl (C=O) groups is 1. The van der Waals surface area contributed by atoms with Gasteiger partial charge < -0.3 is 20.5 Å². The molecule has 0 aliphatic heterocycles. The molecule has 1 fully saturated rings. The van der Waals surface area contributed by atoms with Crippen molar-refractivity contribution in [3.63, 3.8) is 0 Å². The molecule has 0 aromatic carbocycles. The summed E-state index contributed by atoms with van der Waals surface area (Å²) in [7, 11) is 0. The molecule has 1 saturated carbocycles. The highest BCUT2D eigenvalue weighted by atomic mass is 16.6. The van der Waals surface area contributed by atoms with E-state index in [1.807, 2.05) is 20.8 Å². The summed E-state index contributed by atoms with van der Waals surface area (Å²) in [4.78, 5) is 11.7. The van der Waals surface area contributed by atoms with Crippen LogP contribution in [0.15, 0.2) is 0 Å². The maximum Gasteiger partial charge on any atom is 0.407 e. The summed E-state index contributed by atoms with van der Waals surface area (Å²) in [6.45, 7) is 8.54. The van der Waals surface area contributed by atoms with Crippen molar-refractivity contribution in [3.8, 4) is 0 Å². The standard InChI is InChI=1S/C15H30N2O3/c1-11(8-9-18)17-13-7-5-6-12(13)10-16-14(19)20-15(2,3)4/h11-13,17-18H,5-10H2,1-4H3,(H,16,19). The molecule has 1 amide bonds. The molecule has 3 N–H and O–H groups in total. The minimum Gasteiger partial charge on any atom is -0.444 e. The molecule has 5 nitrogen and oxygen atoms in total. The van der Waals surface area contributed by atoms with Crippen LogP contribution < -0.4 is 10.6 Å². The molecule has 3 unspecified atom stereocenters. The smallest absolute Gasteiger partial charge is 0.407 e. The van der Waals surface area contributed by atoms with Crippen LogP contribution in [-0.4, -0.2) is 42.0 Å². The monoisotopic (exact) mass is 286 g/mol. The number of amides is 1. The van der Waals surface area contributed by atoms with E-state index < -0.39 is 5.60 Å². The summed E-state index contributed by atoms with van der Waals surface area (Å²) in [6, 6.07) is 0.735. The summed E-state index contributed by atoms with van der Waals surface area (Å²) >= 11 is 0. The van der Waals surface area contributed by atoms with E-state index in [0.717, 1.165) is 19.3 Å². The van der Waals surface area contributed by atoms with E-state index in [-0.39, 0.29) is 12.7 Å². The van der Waals surface area contributed by atoms with Crippen LogP contribution in [0, 0.1) is 5.92 Å². The first kappa shape index (κ1) is 17.2. The third-order valence-corrected chi connectivity index (χ3v) is 3.63. The van der Waals surface area contributed by atoms with Gasteiger partial charge in [0.15, 0.2) is 0 Å². The van der Waals surface area contributed by atoms with Crippen LogP contribution in [0.5, 0.6) is 0 Å². The Bertz CT molecular complexity index is 302. The van der Waals surface area contributed by atoms with Gasteiger partial charge in [-0.3, -0.25) is 0 Å². The second kappa shape index (κ2) is 7.84. The van der Waals surface area contributed by atoms with E-state index in [1.54, 1.807) is 0 Å². The lowest BCUT2D eigenvalue weighted by Crippen LogP contribution is -2.44. The van der Waals surface area contributed by atoms with Gasteiger partial charge in [0.05, 0.1) is 0 Å². The zero-order valence-corrected chi connectivity index (χ0v) is 13.2. The van der Waals surface area contributed by atoms with Crippen molar-refractivity contribution in [3.05, 3.63) is 0 Å². The average Bonchev–Trinajstić information content (AvgIpc) is 2.71. The number of nitrogens with one attached hydrogen (secondary N) is 2. The van der Waals surface area contributed by atoms with Crippen molar-refractivity contribution in [2.75, 3.05) is 13.2 Å². The summed E-state index contributed by atoms with van der Waals surface area (Å²) in [5.41, 5.74) is -0.451. The first-order valence-electron chi connectivity index (χ1n) is 7.65. The molecule has 0 spiro atoms. The molecule has 0 aromatic rings. The first-order chi connectivity index (χ1) is 9.31. The third-order valence-electron chi connectivity index (χ3n) is 3.63. The molecule has 20 heavy (non-hydrogen) atoms. The highest BCUT2D eigenvalue weighted by molar-refractivity contribution is 5.67. The Morgan fingerprint density at radius 2 is 2.10 bits per heavy atom. The summed E-state index contributed by atoms with van der Waals surface area (Å²) < 4.78 is 5.25. The van der Waals surface area contributed by atoms with Gasteiger partial charge in [0, 0.05) is 25.2 Å². The van der Waals surface area contributed by atoms with E-state index in [9.17, 15) is 4.79 Å². The van der Waals surface area contributed by atoms with Crippen molar-refractivity contribution in [2.45, 2.75) is 71.1 Å². The van der Waals surface area contributed by atoms with Crippen LogP contribution in [0.25, 0.3) is 0 Å². The predicted octanol–water partition coefficient (Wildman–Crippen LogP) is 2.04. The van der Waals surface area contributed by atoms with Crippen LogP contribution in [0.3, 0.4) is 0 Å². The predicted molar refractivity (Wildman–Crippen MR) is 79.7 cm³/mol. The van der Waals surface area contributed by atoms with Gasteiger partial charge in [0.1, 0.15) is 5.60 Å². The van der Waals surface area contributed by atoms with Gasteiger partial charge in [-0.1, -0.05) is 6.42 Å². The Morgan fingerprint density at radius 3 is 2.70 bits per heavy atom. The van der Waals surface area contributed by atoms with Crippen LogP contribution in [0.2, 0.25) is 0 Å². The average molecular weight is 286 g/mol. The molecule has 1 rings (SSSR count). The molecule has 0 heterocycles. The Labute approximate surface area is 122 Å². The number of hydrogen-bond acceptors (Lipinski definition) is 4. The highest BCUT2D eigenvalue weighted by Gasteiger charge is 2.28. The molecule has 0 aromatic heterocycles. The van der Waals surface area contributed by atoms with Crippen molar-refractivity contribution >= 4 is 6.09 Å². The molecule has 1 aliphatic rings. The molecular formula is C15H30N2O3. The fourth-order valence-corrected chi connectivity index (χ4v) is 2.67. The molecule has 1 aliphatic carbocycles. The normalized spacial score (nSPS) is 24.4. The van der Waals surface area contributed by atoms with Gasteiger partial charge in [0.2, 0.25) is 0 Å². The van der Waals surface area contributed by atoms with Crippen molar-refractivity contribution in [1.29, 1.82) is 0 Å². The summed E-state index contributed by atoms with van der Waals surface area (Å²) in [6.07, 6.45) is 3.87. The minimum absolute atomic E-state index is 0.210. The Kier molecular flexibility index (Phi) is 6.76. The SMILES string of the molecule is CC(CCO)NC1CCCC1CNC(=O)OC(C)(C)C. The molecule has 0 bridgehead atoms. The summed E-state index contributed by atoms with van der Waals surface area (Å²) in [5, 5.41) is 15.4. The highest BCUT2D eigenvalue weighted by Crippen LogP contribution is 2.25.